The molecular weight excluding hydrogens is 366 g/mol. The van der Waals surface area contributed by atoms with Crippen LogP contribution >= 0.6 is 0 Å². The maximum Gasteiger partial charge on any atom is 0.219 e. The van der Waals surface area contributed by atoms with Gasteiger partial charge in [0.2, 0.25) is 5.91 Å². The summed E-state index contributed by atoms with van der Waals surface area (Å²) in [6.07, 6.45) is 3.09. The Morgan fingerprint density at radius 1 is 1.36 bits per heavy atom. The van der Waals surface area contributed by atoms with Crippen LogP contribution in [0.25, 0.3) is 5.57 Å². The number of nitrogens with one attached hydrogen (secondary N) is 3. The maximum absolute atomic E-state index is 14.3. The van der Waals surface area contributed by atoms with E-state index in [4.69, 9.17) is 11.1 Å². The van der Waals surface area contributed by atoms with Gasteiger partial charge in [0.25, 0.3) is 0 Å². The number of allylic oxidation sites excluding steroid dienone is 1. The molecule has 9 heteroatoms. The van der Waals surface area contributed by atoms with Crippen LogP contribution in [0.4, 0.5) is 14.5 Å². The summed E-state index contributed by atoms with van der Waals surface area (Å²) < 4.78 is 28.5. The van der Waals surface area contributed by atoms with Gasteiger partial charge in [-0.1, -0.05) is 0 Å². The van der Waals surface area contributed by atoms with Crippen molar-refractivity contribution in [2.24, 2.45) is 10.7 Å². The number of carbonyl (C=O) groups excluding carboxylic acids is 1. The lowest BCUT2D eigenvalue weighted by molar-refractivity contribution is -0.128. The van der Waals surface area contributed by atoms with E-state index in [9.17, 15) is 13.6 Å². The monoisotopic (exact) mass is 390 g/mol. The van der Waals surface area contributed by atoms with Crippen molar-refractivity contribution in [3.05, 3.63) is 46.8 Å². The lowest BCUT2D eigenvalue weighted by Gasteiger charge is -2.30. The molecule has 1 amide bonds. The Hall–Kier alpha value is -3.23. The molecule has 0 spiro atoms. The van der Waals surface area contributed by atoms with Crippen molar-refractivity contribution in [2.45, 2.75) is 13.3 Å². The number of aliphatic imine (C=N–C) groups is 1. The van der Waals surface area contributed by atoms with E-state index in [1.54, 1.807) is 11.9 Å². The topological polar surface area (TPSA) is 107 Å². The highest BCUT2D eigenvalue weighted by Gasteiger charge is 2.24. The van der Waals surface area contributed by atoms with Crippen LogP contribution in [0, 0.1) is 17.0 Å². The predicted molar refractivity (Wildman–Crippen MR) is 107 cm³/mol. The van der Waals surface area contributed by atoms with Crippen LogP contribution in [0.3, 0.4) is 0 Å². The van der Waals surface area contributed by atoms with Crippen molar-refractivity contribution in [1.82, 2.24) is 10.2 Å². The Balaban J connectivity index is 2.37. The van der Waals surface area contributed by atoms with Gasteiger partial charge in [-0.2, -0.15) is 0 Å². The second kappa shape index (κ2) is 9.12. The fourth-order valence-electron chi connectivity index (χ4n) is 2.96. The number of amidine groups is 1. The Labute approximate surface area is 162 Å². The Morgan fingerprint density at radius 3 is 2.64 bits per heavy atom. The minimum absolute atomic E-state index is 0.0571. The van der Waals surface area contributed by atoms with Crippen LogP contribution in [0.15, 0.2) is 34.6 Å². The largest absolute Gasteiger partial charge is 0.404 e. The van der Waals surface area contributed by atoms with Gasteiger partial charge in [-0.25, -0.2) is 8.78 Å². The summed E-state index contributed by atoms with van der Waals surface area (Å²) in [5.74, 6) is -1.81. The number of hydrogen-bond donors (Lipinski definition) is 4. The average molecular weight is 390 g/mol. The number of halogens is 2. The van der Waals surface area contributed by atoms with Crippen molar-refractivity contribution in [3.8, 4) is 0 Å². The highest BCUT2D eigenvalue weighted by atomic mass is 19.1. The van der Waals surface area contributed by atoms with Gasteiger partial charge in [0.05, 0.1) is 12.2 Å². The molecule has 1 heterocycles. The number of carbonyl (C=O) groups is 1. The summed E-state index contributed by atoms with van der Waals surface area (Å²) in [4.78, 5) is 17.1. The molecule has 2 rings (SSSR count). The third-order valence-electron chi connectivity index (χ3n) is 4.47. The molecule has 1 aliphatic heterocycles. The number of anilines is 1. The standard InChI is InChI=1S/C19H24F2N6O/c1-11(28)27-5-4-17(25-3)14(10-27)19(23)26-18-6-13(12(8-22)9-24-2)15(20)7-16(18)21/h6-9,25H,4-5,10,22H2,1-3H3,(H2,23,26)/b12-8+,24-9+. The lowest BCUT2D eigenvalue weighted by Crippen LogP contribution is -2.40. The van der Waals surface area contributed by atoms with Gasteiger partial charge >= 0.3 is 0 Å². The molecule has 5 N–H and O–H groups in total. The van der Waals surface area contributed by atoms with E-state index in [2.05, 4.69) is 15.6 Å². The SMILES string of the molecule is C/N=C/C(=C\N)c1cc(NC(=N)C2=C(NC)CCN(C(C)=O)C2)c(F)cc1F. The van der Waals surface area contributed by atoms with Gasteiger partial charge in [0, 0.05) is 74.9 Å². The van der Waals surface area contributed by atoms with Crippen LogP contribution < -0.4 is 16.4 Å². The zero-order valence-corrected chi connectivity index (χ0v) is 16.1. The number of amides is 1. The van der Waals surface area contributed by atoms with E-state index >= 15 is 0 Å². The summed E-state index contributed by atoms with van der Waals surface area (Å²) in [5.41, 5.74) is 7.11. The molecule has 0 aromatic heterocycles. The quantitative estimate of drug-likeness (QED) is 0.456. The Kier molecular flexibility index (Phi) is 6.86. The van der Waals surface area contributed by atoms with Crippen molar-refractivity contribution in [3.63, 3.8) is 0 Å². The first-order valence-electron chi connectivity index (χ1n) is 8.67. The van der Waals surface area contributed by atoms with Gasteiger partial charge in [0.1, 0.15) is 17.5 Å². The summed E-state index contributed by atoms with van der Waals surface area (Å²) in [6.45, 7) is 2.22. The normalized spacial score (nSPS) is 15.2. The van der Waals surface area contributed by atoms with Gasteiger partial charge in [-0.3, -0.25) is 15.2 Å². The van der Waals surface area contributed by atoms with E-state index in [1.807, 2.05) is 0 Å². The summed E-state index contributed by atoms with van der Waals surface area (Å²) >= 11 is 0. The van der Waals surface area contributed by atoms with E-state index in [-0.39, 0.29) is 35.1 Å². The van der Waals surface area contributed by atoms with E-state index in [1.165, 1.54) is 32.5 Å². The highest BCUT2D eigenvalue weighted by molar-refractivity contribution is 6.11. The van der Waals surface area contributed by atoms with E-state index < -0.39 is 11.6 Å². The number of hydrogen-bond acceptors (Lipinski definition) is 5. The van der Waals surface area contributed by atoms with Gasteiger partial charge in [0.15, 0.2) is 0 Å². The first-order valence-corrected chi connectivity index (χ1v) is 8.67. The lowest BCUT2D eigenvalue weighted by atomic mass is 10.0. The molecule has 0 aliphatic carbocycles. The van der Waals surface area contributed by atoms with Crippen LogP contribution in [0.1, 0.15) is 18.9 Å². The van der Waals surface area contributed by atoms with Gasteiger partial charge in [-0.05, 0) is 6.07 Å². The molecule has 7 nitrogen and oxygen atoms in total. The molecule has 1 aliphatic rings. The molecule has 0 bridgehead atoms. The Morgan fingerprint density at radius 2 is 2.07 bits per heavy atom. The van der Waals surface area contributed by atoms with Gasteiger partial charge < -0.3 is 21.3 Å². The molecule has 0 saturated carbocycles. The van der Waals surface area contributed by atoms with Crippen LogP contribution in [-0.2, 0) is 4.79 Å². The average Bonchev–Trinajstić information content (AvgIpc) is 2.67. The van der Waals surface area contributed by atoms with Crippen LogP contribution in [0.5, 0.6) is 0 Å². The molecule has 150 valence electrons. The molecule has 1 aromatic rings. The van der Waals surface area contributed by atoms with Crippen molar-refractivity contribution in [2.75, 3.05) is 32.5 Å². The molecule has 0 saturated heterocycles. The number of nitrogens with zero attached hydrogens (tertiary/aromatic N) is 2. The molecule has 0 radical (unpaired) electrons. The summed E-state index contributed by atoms with van der Waals surface area (Å²) in [6, 6.07) is 1.97. The third kappa shape index (κ3) is 4.54. The minimum atomic E-state index is -0.846. The number of rotatable bonds is 5. The minimum Gasteiger partial charge on any atom is -0.404 e. The van der Waals surface area contributed by atoms with Crippen molar-refractivity contribution >= 4 is 29.2 Å². The zero-order valence-electron chi connectivity index (χ0n) is 16.1. The smallest absolute Gasteiger partial charge is 0.219 e. The first kappa shape index (κ1) is 21.1. The second-order valence-electron chi connectivity index (χ2n) is 6.22. The second-order valence-corrected chi connectivity index (χ2v) is 6.22. The van der Waals surface area contributed by atoms with E-state index in [0.717, 1.165) is 11.8 Å². The molecular formula is C19H24F2N6O. The molecule has 0 atom stereocenters. The number of benzene rings is 1. The fraction of sp³-hybridized carbons (Fsp3) is 0.316. The highest BCUT2D eigenvalue weighted by Crippen LogP contribution is 2.25. The summed E-state index contributed by atoms with van der Waals surface area (Å²) in [5, 5.41) is 14.1. The maximum atomic E-state index is 14.3. The zero-order chi connectivity index (χ0) is 20.8. The van der Waals surface area contributed by atoms with Gasteiger partial charge in [-0.15, -0.1) is 0 Å². The molecule has 1 aromatic carbocycles. The number of nitrogens with two attached hydrogens (primary N) is 1. The summed E-state index contributed by atoms with van der Waals surface area (Å²) in [7, 11) is 3.24. The van der Waals surface area contributed by atoms with E-state index in [0.29, 0.717) is 18.5 Å². The molecule has 0 unspecified atom stereocenters. The fourth-order valence-corrected chi connectivity index (χ4v) is 2.96. The molecule has 0 fully saturated rings. The first-order chi connectivity index (χ1) is 13.3. The van der Waals surface area contributed by atoms with Crippen molar-refractivity contribution in [1.29, 1.82) is 5.41 Å². The van der Waals surface area contributed by atoms with Crippen LogP contribution in [-0.4, -0.2) is 50.0 Å². The predicted octanol–water partition coefficient (Wildman–Crippen LogP) is 2.08. The van der Waals surface area contributed by atoms with Crippen LogP contribution in [0.2, 0.25) is 0 Å². The van der Waals surface area contributed by atoms with Crippen molar-refractivity contribution < 1.29 is 13.6 Å². The molecule has 28 heavy (non-hydrogen) atoms. The Bertz CT molecular complexity index is 875. The third-order valence-corrected chi connectivity index (χ3v) is 4.47.